The first kappa shape index (κ1) is 17.5. The van der Waals surface area contributed by atoms with Gasteiger partial charge in [-0.25, -0.2) is 0 Å². The number of hydrogen-bond donors (Lipinski definition) is 0. The van der Waals surface area contributed by atoms with Gasteiger partial charge in [0.25, 0.3) is 0 Å². The molecule has 3 aliphatic heterocycles. The molecule has 3 heterocycles. The van der Waals surface area contributed by atoms with E-state index in [9.17, 15) is 4.79 Å². The fourth-order valence-corrected chi connectivity index (χ4v) is 7.43. The van der Waals surface area contributed by atoms with Crippen LogP contribution < -0.4 is 0 Å². The van der Waals surface area contributed by atoms with Gasteiger partial charge in [0.2, 0.25) is 0 Å². The summed E-state index contributed by atoms with van der Waals surface area (Å²) >= 11 is 0. The third kappa shape index (κ3) is 2.22. The Bertz CT molecular complexity index is 824. The molecule has 2 saturated heterocycles. The molecule has 7 atom stereocenters. The number of esters is 1. The summed E-state index contributed by atoms with van der Waals surface area (Å²) < 4.78 is 12.6. The Balaban J connectivity index is 1.24. The lowest BCUT2D eigenvalue weighted by Gasteiger charge is -2.49. The van der Waals surface area contributed by atoms with Crippen LogP contribution in [0, 0.1) is 23.2 Å². The van der Waals surface area contributed by atoms with E-state index < -0.39 is 0 Å². The average molecular weight is 382 g/mol. The van der Waals surface area contributed by atoms with Crippen molar-refractivity contribution in [2.24, 2.45) is 23.2 Å². The first-order valence-electron chi connectivity index (χ1n) is 11.2. The van der Waals surface area contributed by atoms with Gasteiger partial charge in [-0.2, -0.15) is 0 Å². The predicted molar refractivity (Wildman–Crippen MR) is 106 cm³/mol. The molecule has 0 N–H and O–H groups in total. The molecular weight excluding hydrogens is 350 g/mol. The molecule has 1 spiro atoms. The highest BCUT2D eigenvalue weighted by Gasteiger charge is 2.78. The quantitative estimate of drug-likeness (QED) is 0.580. The van der Waals surface area contributed by atoms with Crippen LogP contribution in [0.3, 0.4) is 0 Å². The van der Waals surface area contributed by atoms with Gasteiger partial charge in [-0.15, -0.1) is 0 Å². The van der Waals surface area contributed by atoms with E-state index in [0.717, 1.165) is 32.5 Å². The molecule has 6 rings (SSSR count). The van der Waals surface area contributed by atoms with E-state index in [1.165, 1.54) is 30.4 Å². The molecule has 4 nitrogen and oxygen atoms in total. The molecule has 0 unspecified atom stereocenters. The first-order chi connectivity index (χ1) is 13.5. The molecule has 4 fully saturated rings. The standard InChI is InChI=1S/C24H31NO3/c1-15-6-5-10-23(2)12-19-20(21-24(15,23)28-21)18(22(26)27-19)14-25-11-9-16-7-3-4-8-17(16)13-25/h3-4,7-8,15,18-21H,5-6,9-14H2,1-2H3/t15-,18+,19-,20-,21+,23-,24+/m1/s1. The van der Waals surface area contributed by atoms with Gasteiger partial charge in [-0.3, -0.25) is 9.69 Å². The van der Waals surface area contributed by atoms with Gasteiger partial charge in [0.05, 0.1) is 12.0 Å². The van der Waals surface area contributed by atoms with E-state index in [-0.39, 0.29) is 41.0 Å². The zero-order chi connectivity index (χ0) is 19.1. The Kier molecular flexibility index (Phi) is 3.63. The second kappa shape index (κ2) is 5.82. The third-order valence-corrected chi connectivity index (χ3v) is 8.86. The lowest BCUT2D eigenvalue weighted by Crippen LogP contribution is -2.54. The van der Waals surface area contributed by atoms with E-state index in [2.05, 4.69) is 43.0 Å². The van der Waals surface area contributed by atoms with Crippen molar-refractivity contribution >= 4 is 5.97 Å². The number of carbonyl (C=O) groups is 1. The smallest absolute Gasteiger partial charge is 0.311 e. The Morgan fingerprint density at radius 1 is 1.25 bits per heavy atom. The Morgan fingerprint density at radius 2 is 2.07 bits per heavy atom. The molecule has 150 valence electrons. The SMILES string of the molecule is C[C@@H]1CCC[C@]2(C)C[C@H]3OC(=O)[C@@H](CN4CCc5ccccc5C4)[C@H]3[C@@H]3O[C@@]132. The fraction of sp³-hybridized carbons (Fsp3) is 0.708. The van der Waals surface area contributed by atoms with Crippen LogP contribution in [-0.2, 0) is 27.2 Å². The van der Waals surface area contributed by atoms with Crippen molar-refractivity contribution in [1.29, 1.82) is 0 Å². The molecule has 1 aromatic carbocycles. The fourth-order valence-electron chi connectivity index (χ4n) is 7.43. The number of carbonyl (C=O) groups excluding carboxylic acids is 1. The molecule has 1 aromatic rings. The molecule has 5 aliphatic rings. The summed E-state index contributed by atoms with van der Waals surface area (Å²) in [6.07, 6.45) is 6.09. The van der Waals surface area contributed by atoms with Crippen molar-refractivity contribution in [2.45, 2.75) is 70.3 Å². The molecule has 0 radical (unpaired) electrons. The van der Waals surface area contributed by atoms with Gasteiger partial charge in [0.15, 0.2) is 0 Å². The van der Waals surface area contributed by atoms with E-state index >= 15 is 0 Å². The predicted octanol–water partition coefficient (Wildman–Crippen LogP) is 3.57. The second-order valence-electron chi connectivity index (χ2n) is 10.3. The molecular formula is C24H31NO3. The monoisotopic (exact) mass is 381 g/mol. The van der Waals surface area contributed by atoms with Gasteiger partial charge >= 0.3 is 5.97 Å². The van der Waals surface area contributed by atoms with Crippen LogP contribution in [0.4, 0.5) is 0 Å². The molecule has 2 aliphatic carbocycles. The zero-order valence-corrected chi connectivity index (χ0v) is 17.0. The number of benzene rings is 1. The highest BCUT2D eigenvalue weighted by Crippen LogP contribution is 2.70. The molecule has 4 heteroatoms. The van der Waals surface area contributed by atoms with Crippen LogP contribution in [0.2, 0.25) is 0 Å². The lowest BCUT2D eigenvalue weighted by molar-refractivity contribution is -0.146. The number of fused-ring (bicyclic) bond motifs is 3. The Hall–Kier alpha value is -1.39. The number of nitrogens with zero attached hydrogens (tertiary/aromatic N) is 1. The second-order valence-corrected chi connectivity index (χ2v) is 10.3. The number of rotatable bonds is 2. The van der Waals surface area contributed by atoms with E-state index in [1.54, 1.807) is 0 Å². The van der Waals surface area contributed by atoms with Crippen molar-refractivity contribution in [3.8, 4) is 0 Å². The van der Waals surface area contributed by atoms with Crippen molar-refractivity contribution in [1.82, 2.24) is 4.90 Å². The van der Waals surface area contributed by atoms with E-state index in [0.29, 0.717) is 5.92 Å². The van der Waals surface area contributed by atoms with Crippen molar-refractivity contribution < 1.29 is 14.3 Å². The van der Waals surface area contributed by atoms with E-state index in [1.807, 2.05) is 0 Å². The van der Waals surface area contributed by atoms with Gasteiger partial charge in [-0.1, -0.05) is 44.5 Å². The van der Waals surface area contributed by atoms with Gasteiger partial charge in [-0.05, 0) is 42.7 Å². The Labute approximate surface area is 167 Å². The van der Waals surface area contributed by atoms with Gasteiger partial charge < -0.3 is 9.47 Å². The maximum atomic E-state index is 12.9. The molecule has 0 amide bonds. The summed E-state index contributed by atoms with van der Waals surface area (Å²) in [7, 11) is 0. The maximum absolute atomic E-state index is 12.9. The number of ether oxygens (including phenoxy) is 2. The summed E-state index contributed by atoms with van der Waals surface area (Å²) in [5, 5.41) is 0. The lowest BCUT2D eigenvalue weighted by atomic mass is 9.53. The minimum absolute atomic E-state index is 0.00709. The molecule has 0 bridgehead atoms. The molecule has 0 aromatic heterocycles. The van der Waals surface area contributed by atoms with Crippen LogP contribution in [-0.4, -0.2) is 41.8 Å². The Morgan fingerprint density at radius 3 is 2.93 bits per heavy atom. The van der Waals surface area contributed by atoms with Crippen molar-refractivity contribution in [3.05, 3.63) is 35.4 Å². The van der Waals surface area contributed by atoms with Crippen LogP contribution in [0.5, 0.6) is 0 Å². The van der Waals surface area contributed by atoms with Crippen LogP contribution in [0.25, 0.3) is 0 Å². The summed E-state index contributed by atoms with van der Waals surface area (Å²) in [6.45, 7) is 7.55. The van der Waals surface area contributed by atoms with Gasteiger partial charge in [0, 0.05) is 31.0 Å². The van der Waals surface area contributed by atoms with Crippen LogP contribution in [0.15, 0.2) is 24.3 Å². The molecule has 28 heavy (non-hydrogen) atoms. The van der Waals surface area contributed by atoms with Crippen LogP contribution in [0.1, 0.15) is 50.7 Å². The summed E-state index contributed by atoms with van der Waals surface area (Å²) in [6, 6.07) is 8.71. The average Bonchev–Trinajstić information content (AvgIpc) is 3.37. The zero-order valence-electron chi connectivity index (χ0n) is 17.0. The van der Waals surface area contributed by atoms with Crippen molar-refractivity contribution in [2.75, 3.05) is 13.1 Å². The summed E-state index contributed by atoms with van der Waals surface area (Å²) in [5.41, 5.74) is 3.05. The van der Waals surface area contributed by atoms with Gasteiger partial charge in [0.1, 0.15) is 11.7 Å². The minimum atomic E-state index is -0.0293. The normalized spacial score (nSPS) is 46.8. The van der Waals surface area contributed by atoms with Crippen LogP contribution >= 0.6 is 0 Å². The number of hydrogen-bond acceptors (Lipinski definition) is 4. The highest BCUT2D eigenvalue weighted by molar-refractivity contribution is 5.76. The first-order valence-corrected chi connectivity index (χ1v) is 11.2. The van der Waals surface area contributed by atoms with Crippen molar-refractivity contribution in [3.63, 3.8) is 0 Å². The minimum Gasteiger partial charge on any atom is -0.462 e. The topological polar surface area (TPSA) is 42.1 Å². The summed E-state index contributed by atoms with van der Waals surface area (Å²) in [5.74, 6) is 0.835. The van der Waals surface area contributed by atoms with E-state index in [4.69, 9.17) is 9.47 Å². The molecule has 2 saturated carbocycles. The highest BCUT2D eigenvalue weighted by atomic mass is 16.6. The summed E-state index contributed by atoms with van der Waals surface area (Å²) in [4.78, 5) is 15.4. The largest absolute Gasteiger partial charge is 0.462 e. The third-order valence-electron chi connectivity index (χ3n) is 8.86. The number of epoxide rings is 1. The maximum Gasteiger partial charge on any atom is 0.311 e.